The Morgan fingerprint density at radius 1 is 1.28 bits per heavy atom. The van der Waals surface area contributed by atoms with E-state index in [1.165, 1.54) is 6.07 Å². The molecule has 0 radical (unpaired) electrons. The third kappa shape index (κ3) is 4.60. The number of hydrogen-bond acceptors (Lipinski definition) is 2. The van der Waals surface area contributed by atoms with Gasteiger partial charge < -0.3 is 10.6 Å². The molecule has 0 fully saturated rings. The first-order chi connectivity index (χ1) is 8.19. The highest BCUT2D eigenvalue weighted by Gasteiger charge is 2.14. The zero-order valence-corrected chi connectivity index (χ0v) is 12.0. The van der Waals surface area contributed by atoms with E-state index in [1.807, 2.05) is 20.8 Å². The lowest BCUT2D eigenvalue weighted by Crippen LogP contribution is -2.43. The number of rotatable bonds is 3. The highest BCUT2D eigenvalue weighted by Crippen LogP contribution is 2.23. The van der Waals surface area contributed by atoms with Gasteiger partial charge in [0.05, 0.1) is 16.7 Å². The normalized spacial score (nSPS) is 11.2. The van der Waals surface area contributed by atoms with Crippen LogP contribution in [-0.2, 0) is 4.79 Å². The molecular formula is C12H15BrF2N2O. The molecular weight excluding hydrogens is 306 g/mol. The Labute approximate surface area is 113 Å². The van der Waals surface area contributed by atoms with Crippen molar-refractivity contribution in [3.63, 3.8) is 0 Å². The van der Waals surface area contributed by atoms with Crippen LogP contribution in [0.4, 0.5) is 14.5 Å². The number of carbonyl (C=O) groups is 1. The number of halogens is 3. The molecule has 6 heteroatoms. The van der Waals surface area contributed by atoms with Crippen molar-refractivity contribution in [2.24, 2.45) is 0 Å². The van der Waals surface area contributed by atoms with Crippen molar-refractivity contribution < 1.29 is 13.6 Å². The highest BCUT2D eigenvalue weighted by molar-refractivity contribution is 9.10. The summed E-state index contributed by atoms with van der Waals surface area (Å²) in [6.45, 7) is 5.46. The van der Waals surface area contributed by atoms with E-state index in [4.69, 9.17) is 0 Å². The standard InChI is InChI=1S/C12H15BrF2N2O/c1-12(2,3)17-11(18)6-16-10-4-7(13)8(14)5-9(10)15/h4-5,16H,6H2,1-3H3,(H,17,18). The molecule has 0 heterocycles. The van der Waals surface area contributed by atoms with Crippen LogP contribution in [0, 0.1) is 11.6 Å². The minimum Gasteiger partial charge on any atom is -0.374 e. The molecule has 1 rings (SSSR count). The maximum absolute atomic E-state index is 13.4. The average Bonchev–Trinajstić information content (AvgIpc) is 2.19. The van der Waals surface area contributed by atoms with Gasteiger partial charge in [0.1, 0.15) is 11.6 Å². The minimum absolute atomic E-state index is 0.0762. The predicted molar refractivity (Wildman–Crippen MR) is 70.4 cm³/mol. The second-order valence-corrected chi connectivity index (χ2v) is 5.75. The quantitative estimate of drug-likeness (QED) is 0.840. The van der Waals surface area contributed by atoms with Gasteiger partial charge in [-0.15, -0.1) is 0 Å². The fraction of sp³-hybridized carbons (Fsp3) is 0.417. The van der Waals surface area contributed by atoms with Crippen molar-refractivity contribution in [3.05, 3.63) is 28.2 Å². The maximum Gasteiger partial charge on any atom is 0.239 e. The molecule has 0 aliphatic carbocycles. The second-order valence-electron chi connectivity index (χ2n) is 4.90. The molecule has 0 saturated carbocycles. The number of hydrogen-bond donors (Lipinski definition) is 2. The Bertz CT molecular complexity index is 458. The lowest BCUT2D eigenvalue weighted by molar-refractivity contribution is -0.120. The van der Waals surface area contributed by atoms with Gasteiger partial charge in [-0.2, -0.15) is 0 Å². The topological polar surface area (TPSA) is 41.1 Å². The van der Waals surface area contributed by atoms with Crippen LogP contribution in [0.3, 0.4) is 0 Å². The van der Waals surface area contributed by atoms with E-state index in [0.717, 1.165) is 6.07 Å². The number of nitrogens with one attached hydrogen (secondary N) is 2. The monoisotopic (exact) mass is 320 g/mol. The van der Waals surface area contributed by atoms with Gasteiger partial charge in [-0.25, -0.2) is 8.78 Å². The van der Waals surface area contributed by atoms with E-state index in [9.17, 15) is 13.6 Å². The first-order valence-electron chi connectivity index (χ1n) is 5.38. The van der Waals surface area contributed by atoms with Crippen LogP contribution in [0.5, 0.6) is 0 Å². The molecule has 0 spiro atoms. The number of anilines is 1. The molecule has 0 atom stereocenters. The van der Waals surface area contributed by atoms with Crippen LogP contribution < -0.4 is 10.6 Å². The van der Waals surface area contributed by atoms with Crippen molar-refractivity contribution in [2.45, 2.75) is 26.3 Å². The van der Waals surface area contributed by atoms with Crippen molar-refractivity contribution in [1.82, 2.24) is 5.32 Å². The summed E-state index contributed by atoms with van der Waals surface area (Å²) in [4.78, 5) is 11.5. The van der Waals surface area contributed by atoms with Crippen LogP contribution in [-0.4, -0.2) is 18.0 Å². The van der Waals surface area contributed by atoms with Crippen molar-refractivity contribution in [2.75, 3.05) is 11.9 Å². The Morgan fingerprint density at radius 3 is 2.44 bits per heavy atom. The molecule has 3 nitrogen and oxygen atoms in total. The molecule has 0 aliphatic rings. The van der Waals surface area contributed by atoms with Crippen molar-refractivity contribution in [3.8, 4) is 0 Å². The summed E-state index contributed by atoms with van der Waals surface area (Å²) in [6.07, 6.45) is 0. The van der Waals surface area contributed by atoms with Crippen LogP contribution in [0.25, 0.3) is 0 Å². The lowest BCUT2D eigenvalue weighted by Gasteiger charge is -2.20. The fourth-order valence-electron chi connectivity index (χ4n) is 1.30. The van der Waals surface area contributed by atoms with Gasteiger partial charge in [0.2, 0.25) is 5.91 Å². The van der Waals surface area contributed by atoms with Gasteiger partial charge in [0, 0.05) is 11.6 Å². The minimum atomic E-state index is -0.737. The molecule has 1 aromatic carbocycles. The Morgan fingerprint density at radius 2 is 1.89 bits per heavy atom. The largest absolute Gasteiger partial charge is 0.374 e. The summed E-state index contributed by atoms with van der Waals surface area (Å²) in [5.41, 5.74) is -0.270. The Hall–Kier alpha value is -1.17. The summed E-state index contributed by atoms with van der Waals surface area (Å²) in [5.74, 6) is -1.68. The Balaban J connectivity index is 2.64. The van der Waals surface area contributed by atoms with Gasteiger partial charge in [-0.3, -0.25) is 4.79 Å². The first kappa shape index (κ1) is 14.9. The van der Waals surface area contributed by atoms with E-state index in [-0.39, 0.29) is 28.2 Å². The van der Waals surface area contributed by atoms with Gasteiger partial charge in [0.25, 0.3) is 0 Å². The average molecular weight is 321 g/mol. The molecule has 0 aromatic heterocycles. The maximum atomic E-state index is 13.4. The van der Waals surface area contributed by atoms with E-state index in [1.54, 1.807) is 0 Å². The lowest BCUT2D eigenvalue weighted by atomic mass is 10.1. The highest BCUT2D eigenvalue weighted by atomic mass is 79.9. The van der Waals surface area contributed by atoms with Crippen molar-refractivity contribution >= 4 is 27.5 Å². The van der Waals surface area contributed by atoms with Crippen LogP contribution in [0.1, 0.15) is 20.8 Å². The molecule has 18 heavy (non-hydrogen) atoms. The molecule has 0 bridgehead atoms. The SMILES string of the molecule is CC(C)(C)NC(=O)CNc1cc(Br)c(F)cc1F. The van der Waals surface area contributed by atoms with Crippen LogP contribution in [0.15, 0.2) is 16.6 Å². The third-order valence-corrected chi connectivity index (χ3v) is 2.57. The van der Waals surface area contributed by atoms with Crippen LogP contribution >= 0.6 is 15.9 Å². The third-order valence-electron chi connectivity index (χ3n) is 1.96. The van der Waals surface area contributed by atoms with Gasteiger partial charge in [-0.05, 0) is 42.8 Å². The van der Waals surface area contributed by atoms with E-state index in [2.05, 4.69) is 26.6 Å². The van der Waals surface area contributed by atoms with E-state index in [0.29, 0.717) is 0 Å². The molecule has 0 aliphatic heterocycles. The van der Waals surface area contributed by atoms with E-state index >= 15 is 0 Å². The van der Waals surface area contributed by atoms with Crippen LogP contribution in [0.2, 0.25) is 0 Å². The summed E-state index contributed by atoms with van der Waals surface area (Å²) < 4.78 is 26.5. The summed E-state index contributed by atoms with van der Waals surface area (Å²) in [5, 5.41) is 5.34. The first-order valence-corrected chi connectivity index (χ1v) is 6.18. The Kier molecular flexibility index (Phi) is 4.67. The van der Waals surface area contributed by atoms with Gasteiger partial charge in [-0.1, -0.05) is 0 Å². The summed E-state index contributed by atoms with van der Waals surface area (Å²) in [7, 11) is 0. The summed E-state index contributed by atoms with van der Waals surface area (Å²) in [6, 6.07) is 2.02. The zero-order chi connectivity index (χ0) is 13.9. The molecule has 1 amide bonds. The zero-order valence-electron chi connectivity index (χ0n) is 10.4. The second kappa shape index (κ2) is 5.65. The molecule has 100 valence electrons. The van der Waals surface area contributed by atoms with Gasteiger partial charge >= 0.3 is 0 Å². The van der Waals surface area contributed by atoms with Crippen molar-refractivity contribution in [1.29, 1.82) is 0 Å². The predicted octanol–water partition coefficient (Wildman–Crippen LogP) is 3.05. The molecule has 0 unspecified atom stereocenters. The molecule has 0 saturated heterocycles. The molecule has 1 aromatic rings. The number of benzene rings is 1. The smallest absolute Gasteiger partial charge is 0.239 e. The summed E-state index contributed by atoms with van der Waals surface area (Å²) >= 11 is 2.95. The number of amides is 1. The van der Waals surface area contributed by atoms with Gasteiger partial charge in [0.15, 0.2) is 0 Å². The van der Waals surface area contributed by atoms with E-state index < -0.39 is 11.6 Å². The number of carbonyl (C=O) groups excluding carboxylic acids is 1. The fourth-order valence-corrected chi connectivity index (χ4v) is 1.64. The molecule has 2 N–H and O–H groups in total.